The maximum absolute atomic E-state index is 11.9. The number of aryl methyl sites for hydroxylation is 3. The number of aromatic nitrogens is 2. The molecular weight excluding hydrogens is 300 g/mol. The van der Waals surface area contributed by atoms with Crippen molar-refractivity contribution in [1.82, 2.24) is 15.2 Å². The Morgan fingerprint density at radius 1 is 1.04 bits per heavy atom. The minimum Gasteiger partial charge on any atom is -0.289 e. The SMILES string of the molecule is Cc1cccc(-n2nc(C(=O)NN)cc2-c2ccc(C)c(C)c2)c1. The van der Waals surface area contributed by atoms with Gasteiger partial charge in [0.15, 0.2) is 5.69 Å². The maximum atomic E-state index is 11.9. The summed E-state index contributed by atoms with van der Waals surface area (Å²) >= 11 is 0. The van der Waals surface area contributed by atoms with Crippen molar-refractivity contribution in [3.05, 3.63) is 70.9 Å². The van der Waals surface area contributed by atoms with Gasteiger partial charge in [0.2, 0.25) is 0 Å². The molecule has 0 atom stereocenters. The molecule has 3 N–H and O–H groups in total. The normalized spacial score (nSPS) is 10.7. The van der Waals surface area contributed by atoms with Crippen LogP contribution in [0.4, 0.5) is 0 Å². The van der Waals surface area contributed by atoms with Crippen molar-refractivity contribution in [2.24, 2.45) is 5.84 Å². The van der Waals surface area contributed by atoms with Crippen molar-refractivity contribution in [2.45, 2.75) is 20.8 Å². The summed E-state index contributed by atoms with van der Waals surface area (Å²) in [6.45, 7) is 6.17. The minimum absolute atomic E-state index is 0.284. The van der Waals surface area contributed by atoms with Gasteiger partial charge in [-0.3, -0.25) is 10.2 Å². The Labute approximate surface area is 141 Å². The Kier molecular flexibility index (Phi) is 4.18. The van der Waals surface area contributed by atoms with Crippen LogP contribution in [-0.4, -0.2) is 15.7 Å². The summed E-state index contributed by atoms with van der Waals surface area (Å²) in [5.74, 6) is 4.85. The van der Waals surface area contributed by atoms with Gasteiger partial charge in [-0.2, -0.15) is 5.10 Å². The van der Waals surface area contributed by atoms with Crippen molar-refractivity contribution in [1.29, 1.82) is 0 Å². The Hall–Kier alpha value is -2.92. The second-order valence-corrected chi connectivity index (χ2v) is 5.94. The van der Waals surface area contributed by atoms with Crippen LogP contribution in [0.2, 0.25) is 0 Å². The van der Waals surface area contributed by atoms with Gasteiger partial charge in [-0.05, 0) is 61.7 Å². The van der Waals surface area contributed by atoms with Gasteiger partial charge >= 0.3 is 0 Å². The number of carbonyl (C=O) groups excluding carboxylic acids is 1. The Balaban J connectivity index is 2.21. The molecule has 0 aliphatic carbocycles. The summed E-state index contributed by atoms with van der Waals surface area (Å²) in [4.78, 5) is 11.9. The molecule has 1 amide bonds. The lowest BCUT2D eigenvalue weighted by atomic mass is 10.0. The van der Waals surface area contributed by atoms with E-state index in [1.165, 1.54) is 11.1 Å². The Morgan fingerprint density at radius 2 is 1.83 bits per heavy atom. The molecule has 3 rings (SSSR count). The van der Waals surface area contributed by atoms with E-state index in [0.29, 0.717) is 0 Å². The lowest BCUT2D eigenvalue weighted by molar-refractivity contribution is 0.0948. The molecule has 0 saturated carbocycles. The zero-order valence-corrected chi connectivity index (χ0v) is 14.0. The average molecular weight is 320 g/mol. The Morgan fingerprint density at radius 3 is 2.50 bits per heavy atom. The number of hydrogen-bond donors (Lipinski definition) is 2. The first-order valence-corrected chi connectivity index (χ1v) is 7.75. The molecule has 5 heteroatoms. The predicted octanol–water partition coefficient (Wildman–Crippen LogP) is 3.07. The third kappa shape index (κ3) is 2.94. The van der Waals surface area contributed by atoms with Crippen LogP contribution in [0.3, 0.4) is 0 Å². The molecule has 0 aliphatic rings. The van der Waals surface area contributed by atoms with Crippen LogP contribution in [0.1, 0.15) is 27.2 Å². The molecule has 0 unspecified atom stereocenters. The van der Waals surface area contributed by atoms with E-state index in [-0.39, 0.29) is 5.69 Å². The fourth-order valence-electron chi connectivity index (χ4n) is 2.63. The average Bonchev–Trinajstić information content (AvgIpc) is 3.02. The van der Waals surface area contributed by atoms with Gasteiger partial charge in [-0.15, -0.1) is 0 Å². The van der Waals surface area contributed by atoms with Gasteiger partial charge in [0, 0.05) is 5.56 Å². The van der Waals surface area contributed by atoms with Crippen molar-refractivity contribution in [3.63, 3.8) is 0 Å². The quantitative estimate of drug-likeness (QED) is 0.442. The first kappa shape index (κ1) is 16.0. The summed E-state index contributed by atoms with van der Waals surface area (Å²) in [6, 6.07) is 16.0. The molecule has 2 aromatic carbocycles. The van der Waals surface area contributed by atoms with Crippen LogP contribution in [0.15, 0.2) is 48.5 Å². The third-order valence-corrected chi connectivity index (χ3v) is 4.12. The van der Waals surface area contributed by atoms with E-state index in [4.69, 9.17) is 5.84 Å². The second kappa shape index (κ2) is 6.29. The van der Waals surface area contributed by atoms with Gasteiger partial charge in [-0.1, -0.05) is 24.3 Å². The topological polar surface area (TPSA) is 72.9 Å². The van der Waals surface area contributed by atoms with Crippen LogP contribution < -0.4 is 11.3 Å². The maximum Gasteiger partial charge on any atom is 0.285 e. The lowest BCUT2D eigenvalue weighted by Gasteiger charge is -2.10. The second-order valence-electron chi connectivity index (χ2n) is 5.94. The molecule has 0 saturated heterocycles. The standard InChI is InChI=1S/C19H20N4O/c1-12-5-4-6-16(9-12)23-18(11-17(22-23)19(24)21-20)15-8-7-13(2)14(3)10-15/h4-11H,20H2,1-3H3,(H,21,24). The van der Waals surface area contributed by atoms with E-state index < -0.39 is 5.91 Å². The summed E-state index contributed by atoms with van der Waals surface area (Å²) < 4.78 is 1.78. The number of carbonyl (C=O) groups is 1. The number of nitrogen functional groups attached to an aromatic ring is 1. The summed E-state index contributed by atoms with van der Waals surface area (Å²) in [5, 5.41) is 4.45. The van der Waals surface area contributed by atoms with Crippen molar-refractivity contribution >= 4 is 5.91 Å². The number of hydrogen-bond acceptors (Lipinski definition) is 3. The highest BCUT2D eigenvalue weighted by Crippen LogP contribution is 2.26. The van der Waals surface area contributed by atoms with Crippen LogP contribution in [0.5, 0.6) is 0 Å². The molecule has 3 aromatic rings. The number of rotatable bonds is 3. The van der Waals surface area contributed by atoms with E-state index in [1.807, 2.05) is 37.3 Å². The monoisotopic (exact) mass is 320 g/mol. The van der Waals surface area contributed by atoms with Crippen LogP contribution in [-0.2, 0) is 0 Å². The Bertz CT molecular complexity index is 911. The number of nitrogens with one attached hydrogen (secondary N) is 1. The lowest BCUT2D eigenvalue weighted by Crippen LogP contribution is -2.30. The number of nitrogens with two attached hydrogens (primary N) is 1. The van der Waals surface area contributed by atoms with Crippen LogP contribution in [0.25, 0.3) is 16.9 Å². The highest BCUT2D eigenvalue weighted by atomic mass is 16.2. The molecule has 0 bridgehead atoms. The highest BCUT2D eigenvalue weighted by Gasteiger charge is 2.16. The molecule has 122 valence electrons. The first-order chi connectivity index (χ1) is 11.5. The fraction of sp³-hybridized carbons (Fsp3) is 0.158. The van der Waals surface area contributed by atoms with Gasteiger partial charge in [0.05, 0.1) is 11.4 Å². The first-order valence-electron chi connectivity index (χ1n) is 7.75. The van der Waals surface area contributed by atoms with E-state index in [2.05, 4.69) is 36.5 Å². The van der Waals surface area contributed by atoms with Crippen molar-refractivity contribution < 1.29 is 4.79 Å². The molecule has 0 aliphatic heterocycles. The number of hydrazine groups is 1. The third-order valence-electron chi connectivity index (χ3n) is 4.12. The summed E-state index contributed by atoms with van der Waals surface area (Å²) in [6.07, 6.45) is 0. The number of benzene rings is 2. The van der Waals surface area contributed by atoms with Gasteiger partial charge in [-0.25, -0.2) is 10.5 Å². The number of amides is 1. The van der Waals surface area contributed by atoms with Gasteiger partial charge < -0.3 is 0 Å². The summed E-state index contributed by atoms with van der Waals surface area (Å²) in [7, 11) is 0. The highest BCUT2D eigenvalue weighted by molar-refractivity contribution is 5.93. The molecule has 5 nitrogen and oxygen atoms in total. The fourth-order valence-corrected chi connectivity index (χ4v) is 2.63. The molecule has 24 heavy (non-hydrogen) atoms. The summed E-state index contributed by atoms with van der Waals surface area (Å²) in [5.41, 5.74) is 8.72. The molecule has 0 fully saturated rings. The van der Waals surface area contributed by atoms with E-state index >= 15 is 0 Å². The molecule has 1 aromatic heterocycles. The smallest absolute Gasteiger partial charge is 0.285 e. The van der Waals surface area contributed by atoms with Crippen LogP contribution >= 0.6 is 0 Å². The van der Waals surface area contributed by atoms with E-state index in [1.54, 1.807) is 10.7 Å². The minimum atomic E-state index is -0.411. The van der Waals surface area contributed by atoms with E-state index in [0.717, 1.165) is 22.5 Å². The number of nitrogens with zero attached hydrogens (tertiary/aromatic N) is 2. The predicted molar refractivity (Wildman–Crippen MR) is 94.9 cm³/mol. The van der Waals surface area contributed by atoms with Crippen molar-refractivity contribution in [2.75, 3.05) is 0 Å². The molecular formula is C19H20N4O. The van der Waals surface area contributed by atoms with E-state index in [9.17, 15) is 4.79 Å². The molecule has 1 heterocycles. The largest absolute Gasteiger partial charge is 0.289 e. The van der Waals surface area contributed by atoms with Crippen LogP contribution in [0, 0.1) is 20.8 Å². The zero-order valence-electron chi connectivity index (χ0n) is 14.0. The zero-order chi connectivity index (χ0) is 17.3. The van der Waals surface area contributed by atoms with Gasteiger partial charge in [0.25, 0.3) is 5.91 Å². The molecule has 0 spiro atoms. The van der Waals surface area contributed by atoms with Crippen molar-refractivity contribution in [3.8, 4) is 16.9 Å². The molecule has 0 radical (unpaired) electrons. The van der Waals surface area contributed by atoms with Gasteiger partial charge in [0.1, 0.15) is 0 Å².